The fraction of sp³-hybridized carbons (Fsp3) is 0.364. The second-order valence-corrected chi connectivity index (χ2v) is 6.22. The van der Waals surface area contributed by atoms with Crippen molar-refractivity contribution in [1.82, 2.24) is 4.72 Å². The van der Waals surface area contributed by atoms with E-state index in [0.29, 0.717) is 18.4 Å². The van der Waals surface area contributed by atoms with Gasteiger partial charge in [-0.05, 0) is 18.4 Å². The highest BCUT2D eigenvalue weighted by molar-refractivity contribution is 7.90. The molecule has 1 aliphatic carbocycles. The fourth-order valence-electron chi connectivity index (χ4n) is 1.64. The van der Waals surface area contributed by atoms with Crippen molar-refractivity contribution in [2.45, 2.75) is 24.1 Å². The first-order valence-corrected chi connectivity index (χ1v) is 7.12. The molecule has 1 aromatic carbocycles. The number of rotatable bonds is 5. The molecule has 1 unspecified atom stereocenters. The molecule has 1 aliphatic rings. The number of oxime groups is 1. The summed E-state index contributed by atoms with van der Waals surface area (Å²) in [5.41, 5.74) is 6.19. The summed E-state index contributed by atoms with van der Waals surface area (Å²) in [4.78, 5) is 0. The molecular weight excluding hydrogens is 254 g/mol. The zero-order valence-corrected chi connectivity index (χ0v) is 10.5. The lowest BCUT2D eigenvalue weighted by molar-refractivity contribution is 0.315. The van der Waals surface area contributed by atoms with E-state index in [2.05, 4.69) is 9.88 Å². The first-order valence-electron chi connectivity index (χ1n) is 5.58. The summed E-state index contributed by atoms with van der Waals surface area (Å²) in [6, 6.07) is 7.94. The summed E-state index contributed by atoms with van der Waals surface area (Å²) in [6.07, 6.45) is 1.32. The first-order chi connectivity index (χ1) is 8.54. The van der Waals surface area contributed by atoms with Crippen LogP contribution in [0.2, 0.25) is 0 Å². The molecule has 0 aromatic heterocycles. The van der Waals surface area contributed by atoms with Crippen LogP contribution >= 0.6 is 0 Å². The predicted octanol–water partition coefficient (Wildman–Crippen LogP) is 0.556. The lowest BCUT2D eigenvalue weighted by atomic mass is 10.1. The number of hydrogen-bond acceptors (Lipinski definition) is 4. The monoisotopic (exact) mass is 269 g/mol. The van der Waals surface area contributed by atoms with E-state index in [4.69, 9.17) is 10.9 Å². The van der Waals surface area contributed by atoms with E-state index in [-0.39, 0.29) is 11.1 Å². The van der Waals surface area contributed by atoms with E-state index in [9.17, 15) is 8.42 Å². The van der Waals surface area contributed by atoms with E-state index >= 15 is 0 Å². The Labute approximate surface area is 106 Å². The molecule has 7 heteroatoms. The number of benzene rings is 1. The van der Waals surface area contributed by atoms with Gasteiger partial charge < -0.3 is 10.9 Å². The summed E-state index contributed by atoms with van der Waals surface area (Å²) in [5.74, 6) is -0.176. The highest BCUT2D eigenvalue weighted by atomic mass is 32.2. The van der Waals surface area contributed by atoms with Gasteiger partial charge in [-0.1, -0.05) is 35.5 Å². The quantitative estimate of drug-likeness (QED) is 0.314. The Morgan fingerprint density at radius 3 is 2.50 bits per heavy atom. The van der Waals surface area contributed by atoms with Crippen molar-refractivity contribution in [3.05, 3.63) is 35.9 Å². The van der Waals surface area contributed by atoms with Crippen molar-refractivity contribution in [3.63, 3.8) is 0 Å². The van der Waals surface area contributed by atoms with Crippen LogP contribution in [-0.4, -0.2) is 24.7 Å². The lowest BCUT2D eigenvalue weighted by Gasteiger charge is -2.17. The average molecular weight is 269 g/mol. The van der Waals surface area contributed by atoms with Gasteiger partial charge in [0, 0.05) is 0 Å². The van der Waals surface area contributed by atoms with Gasteiger partial charge in [0.25, 0.3) is 0 Å². The maximum Gasteiger partial charge on any atom is 0.215 e. The van der Waals surface area contributed by atoms with Gasteiger partial charge in [-0.25, -0.2) is 8.42 Å². The molecule has 1 aromatic rings. The Hall–Kier alpha value is -1.60. The van der Waals surface area contributed by atoms with Crippen LogP contribution in [0.4, 0.5) is 0 Å². The highest BCUT2D eigenvalue weighted by Gasteiger charge is 2.38. The van der Waals surface area contributed by atoms with Crippen LogP contribution in [0.5, 0.6) is 0 Å². The topological polar surface area (TPSA) is 105 Å². The Balaban J connectivity index is 2.27. The van der Waals surface area contributed by atoms with Crippen molar-refractivity contribution in [2.24, 2.45) is 10.9 Å². The van der Waals surface area contributed by atoms with Gasteiger partial charge in [-0.3, -0.25) is 0 Å². The molecule has 0 saturated heterocycles. The van der Waals surface area contributed by atoms with Gasteiger partial charge >= 0.3 is 0 Å². The number of sulfonamides is 1. The van der Waals surface area contributed by atoms with Crippen LogP contribution in [0, 0.1) is 0 Å². The normalized spacial score (nSPS) is 18.6. The summed E-state index contributed by atoms with van der Waals surface area (Å²) in [6.45, 7) is 0. The van der Waals surface area contributed by atoms with E-state index < -0.39 is 16.1 Å². The van der Waals surface area contributed by atoms with Crippen molar-refractivity contribution >= 4 is 15.9 Å². The van der Waals surface area contributed by atoms with Crippen molar-refractivity contribution in [3.8, 4) is 0 Å². The number of hydrogen-bond donors (Lipinski definition) is 3. The molecule has 18 heavy (non-hydrogen) atoms. The molecule has 0 spiro atoms. The predicted molar refractivity (Wildman–Crippen MR) is 67.7 cm³/mol. The van der Waals surface area contributed by atoms with Gasteiger partial charge in [0.15, 0.2) is 5.84 Å². The fourth-order valence-corrected chi connectivity index (χ4v) is 3.18. The Bertz CT molecular complexity index is 538. The molecule has 98 valence electrons. The molecule has 4 N–H and O–H groups in total. The van der Waals surface area contributed by atoms with Gasteiger partial charge in [-0.2, -0.15) is 4.72 Å². The smallest absolute Gasteiger partial charge is 0.215 e. The van der Waals surface area contributed by atoms with Crippen molar-refractivity contribution in [1.29, 1.82) is 0 Å². The molecule has 6 nitrogen and oxygen atoms in total. The van der Waals surface area contributed by atoms with Gasteiger partial charge in [0.05, 0.1) is 5.25 Å². The van der Waals surface area contributed by atoms with Gasteiger partial charge in [0.1, 0.15) is 6.04 Å². The van der Waals surface area contributed by atoms with Crippen LogP contribution in [-0.2, 0) is 10.0 Å². The molecule has 1 saturated carbocycles. The maximum absolute atomic E-state index is 11.9. The summed E-state index contributed by atoms with van der Waals surface area (Å²) in [5, 5.41) is 11.3. The maximum atomic E-state index is 11.9. The summed E-state index contributed by atoms with van der Waals surface area (Å²) < 4.78 is 26.3. The van der Waals surface area contributed by atoms with Crippen molar-refractivity contribution in [2.75, 3.05) is 0 Å². The third-order valence-electron chi connectivity index (χ3n) is 2.79. The zero-order valence-electron chi connectivity index (χ0n) is 9.65. The van der Waals surface area contributed by atoms with Gasteiger partial charge in [0.2, 0.25) is 10.0 Å². The third kappa shape index (κ3) is 2.80. The first kappa shape index (κ1) is 12.8. The lowest BCUT2D eigenvalue weighted by Crippen LogP contribution is -2.39. The van der Waals surface area contributed by atoms with E-state index in [0.717, 1.165) is 0 Å². The molecule has 0 aliphatic heterocycles. The van der Waals surface area contributed by atoms with Crippen LogP contribution < -0.4 is 10.5 Å². The Kier molecular flexibility index (Phi) is 3.53. The third-order valence-corrected chi connectivity index (χ3v) is 4.70. The number of amidine groups is 1. The number of nitrogens with two attached hydrogens (primary N) is 1. The van der Waals surface area contributed by atoms with Crippen molar-refractivity contribution < 1.29 is 13.6 Å². The van der Waals surface area contributed by atoms with E-state index in [1.165, 1.54) is 0 Å². The second-order valence-electron chi connectivity index (χ2n) is 4.23. The molecular formula is C11H15N3O3S. The molecule has 2 rings (SSSR count). The zero-order chi connectivity index (χ0) is 13.2. The SMILES string of the molecule is NC(=NO)C(NS(=O)(=O)C1CC1)c1ccccc1. The minimum absolute atomic E-state index is 0.176. The van der Waals surface area contributed by atoms with Crippen LogP contribution in [0.25, 0.3) is 0 Å². The van der Waals surface area contributed by atoms with E-state index in [1.54, 1.807) is 24.3 Å². The molecule has 0 amide bonds. The molecule has 0 radical (unpaired) electrons. The van der Waals surface area contributed by atoms with Crippen LogP contribution in [0.3, 0.4) is 0 Å². The van der Waals surface area contributed by atoms with Crippen LogP contribution in [0.15, 0.2) is 35.5 Å². The van der Waals surface area contributed by atoms with Crippen LogP contribution in [0.1, 0.15) is 24.4 Å². The summed E-state index contributed by atoms with van der Waals surface area (Å²) >= 11 is 0. The minimum Gasteiger partial charge on any atom is -0.409 e. The molecule has 0 heterocycles. The molecule has 1 atom stereocenters. The molecule has 1 fully saturated rings. The number of nitrogens with one attached hydrogen (secondary N) is 1. The Morgan fingerprint density at radius 2 is 2.00 bits per heavy atom. The highest BCUT2D eigenvalue weighted by Crippen LogP contribution is 2.29. The van der Waals surface area contributed by atoms with Gasteiger partial charge in [-0.15, -0.1) is 0 Å². The molecule has 0 bridgehead atoms. The van der Waals surface area contributed by atoms with E-state index in [1.807, 2.05) is 6.07 Å². The number of nitrogens with zero attached hydrogens (tertiary/aromatic N) is 1. The standard InChI is InChI=1S/C11H15N3O3S/c12-11(13-15)10(8-4-2-1-3-5-8)14-18(16,17)9-6-7-9/h1-5,9-10,14-15H,6-7H2,(H2,12,13). The summed E-state index contributed by atoms with van der Waals surface area (Å²) in [7, 11) is -3.41. The Morgan fingerprint density at radius 1 is 1.39 bits per heavy atom. The minimum atomic E-state index is -3.41. The largest absolute Gasteiger partial charge is 0.409 e. The average Bonchev–Trinajstić information content (AvgIpc) is 3.21. The second kappa shape index (κ2) is 4.95.